The number of carbonyl (C=O) groups excluding carboxylic acids is 1. The maximum Gasteiger partial charge on any atom is 0.147 e. The van der Waals surface area contributed by atoms with Crippen molar-refractivity contribution in [3.8, 4) is 0 Å². The molecule has 0 aromatic rings. The summed E-state index contributed by atoms with van der Waals surface area (Å²) in [4.78, 5) is 14.2. The lowest BCUT2D eigenvalue weighted by molar-refractivity contribution is -0.105. The van der Waals surface area contributed by atoms with Crippen molar-refractivity contribution < 1.29 is 4.79 Å². The van der Waals surface area contributed by atoms with E-state index in [1.54, 1.807) is 6.20 Å². The van der Waals surface area contributed by atoms with Crippen LogP contribution < -0.4 is 0 Å². The number of carbonyl (C=O) groups is 1. The third-order valence-electron chi connectivity index (χ3n) is 1.11. The molecule has 3 heteroatoms. The minimum atomic E-state index is 0.669. The van der Waals surface area contributed by atoms with Crippen LogP contribution in [0.15, 0.2) is 28.9 Å². The molecule has 1 rings (SSSR count). The van der Waals surface area contributed by atoms with Gasteiger partial charge in [-0.1, -0.05) is 6.08 Å². The molecule has 0 atom stereocenters. The Morgan fingerprint density at radius 2 is 2.50 bits per heavy atom. The van der Waals surface area contributed by atoms with Crippen molar-refractivity contribution in [2.75, 3.05) is 0 Å². The lowest BCUT2D eigenvalue weighted by Gasteiger charge is -1.84. The number of hydrogen-bond donors (Lipinski definition) is 0. The molecule has 0 aromatic heterocycles. The van der Waals surface area contributed by atoms with E-state index in [4.69, 9.17) is 0 Å². The Bertz CT molecular complexity index is 228. The zero-order valence-corrected chi connectivity index (χ0v) is 6.84. The monoisotopic (exact) mass is 199 g/mol. The number of aliphatic imine (C=N–C) groups is 1. The molecule has 1 heterocycles. The van der Waals surface area contributed by atoms with Gasteiger partial charge in [0, 0.05) is 11.8 Å². The van der Waals surface area contributed by atoms with Crippen LogP contribution in [0, 0.1) is 0 Å². The maximum atomic E-state index is 10.2. The van der Waals surface area contributed by atoms with Gasteiger partial charge in [0.05, 0.1) is 0 Å². The van der Waals surface area contributed by atoms with E-state index in [0.717, 1.165) is 10.9 Å². The Morgan fingerprint density at radius 1 is 1.70 bits per heavy atom. The van der Waals surface area contributed by atoms with Crippen LogP contribution >= 0.6 is 15.9 Å². The first-order valence-corrected chi connectivity index (χ1v) is 3.66. The molecule has 0 amide bonds. The number of nitrogens with zero attached hydrogens (tertiary/aromatic N) is 1. The van der Waals surface area contributed by atoms with Crippen LogP contribution in [0.5, 0.6) is 0 Å². The fraction of sp³-hybridized carbons (Fsp3) is 0.143. The van der Waals surface area contributed by atoms with E-state index < -0.39 is 0 Å². The Kier molecular flexibility index (Phi) is 2.57. The van der Waals surface area contributed by atoms with Crippen LogP contribution in [0.2, 0.25) is 0 Å². The van der Waals surface area contributed by atoms with Crippen molar-refractivity contribution in [3.63, 3.8) is 0 Å². The fourth-order valence-corrected chi connectivity index (χ4v) is 0.900. The Hall–Kier alpha value is -0.700. The lowest BCUT2D eigenvalue weighted by atomic mass is 10.2. The average Bonchev–Trinajstić information content (AvgIpc) is 2.14. The third-order valence-corrected chi connectivity index (χ3v) is 1.58. The first-order chi connectivity index (χ1) is 4.83. The molecule has 0 bridgehead atoms. The molecule has 0 saturated heterocycles. The number of aldehydes is 1. The summed E-state index contributed by atoms with van der Waals surface area (Å²) in [5, 5.41) is 0. The van der Waals surface area contributed by atoms with E-state index in [1.807, 2.05) is 12.2 Å². The summed E-state index contributed by atoms with van der Waals surface area (Å²) in [6, 6.07) is 0. The number of rotatable bonds is 1. The van der Waals surface area contributed by atoms with Gasteiger partial charge in [0.2, 0.25) is 0 Å². The molecule has 0 unspecified atom stereocenters. The zero-order chi connectivity index (χ0) is 7.40. The van der Waals surface area contributed by atoms with E-state index in [-0.39, 0.29) is 0 Å². The predicted octanol–water partition coefficient (Wildman–Crippen LogP) is 1.82. The highest BCUT2D eigenvalue weighted by molar-refractivity contribution is 9.18. The average molecular weight is 200 g/mol. The van der Waals surface area contributed by atoms with Gasteiger partial charge in [0.15, 0.2) is 0 Å². The summed E-state index contributed by atoms with van der Waals surface area (Å²) < 4.78 is 0.754. The predicted molar refractivity (Wildman–Crippen MR) is 44.3 cm³/mol. The van der Waals surface area contributed by atoms with E-state index in [1.165, 1.54) is 0 Å². The molecular formula is C7H6BrNO. The SMILES string of the molecule is O=CC1=CN=C(Br)C=CC1. The molecule has 1 aliphatic rings. The quantitative estimate of drug-likeness (QED) is 0.593. The molecule has 2 nitrogen and oxygen atoms in total. The summed E-state index contributed by atoms with van der Waals surface area (Å²) in [7, 11) is 0. The molecular weight excluding hydrogens is 194 g/mol. The fourth-order valence-electron chi connectivity index (χ4n) is 0.611. The van der Waals surface area contributed by atoms with Gasteiger partial charge in [-0.15, -0.1) is 0 Å². The van der Waals surface area contributed by atoms with Crippen molar-refractivity contribution >= 4 is 26.8 Å². The van der Waals surface area contributed by atoms with Crippen LogP contribution in [-0.4, -0.2) is 10.9 Å². The van der Waals surface area contributed by atoms with E-state index >= 15 is 0 Å². The smallest absolute Gasteiger partial charge is 0.147 e. The first kappa shape index (κ1) is 7.41. The van der Waals surface area contributed by atoms with Crippen molar-refractivity contribution in [2.45, 2.75) is 6.42 Å². The van der Waals surface area contributed by atoms with Gasteiger partial charge in [-0.2, -0.15) is 0 Å². The van der Waals surface area contributed by atoms with Crippen LogP contribution in [0.1, 0.15) is 6.42 Å². The number of halogens is 1. The van der Waals surface area contributed by atoms with Crippen LogP contribution in [0.25, 0.3) is 0 Å². The van der Waals surface area contributed by atoms with E-state index in [9.17, 15) is 4.79 Å². The highest BCUT2D eigenvalue weighted by Crippen LogP contribution is 2.06. The zero-order valence-electron chi connectivity index (χ0n) is 5.25. The number of hydrogen-bond acceptors (Lipinski definition) is 2. The second kappa shape index (κ2) is 3.46. The van der Waals surface area contributed by atoms with Crippen LogP contribution in [-0.2, 0) is 4.79 Å². The van der Waals surface area contributed by atoms with E-state index in [2.05, 4.69) is 20.9 Å². The van der Waals surface area contributed by atoms with Gasteiger partial charge >= 0.3 is 0 Å². The molecule has 0 spiro atoms. The molecule has 0 fully saturated rings. The Labute approximate surface area is 67.5 Å². The molecule has 0 saturated carbocycles. The summed E-state index contributed by atoms with van der Waals surface area (Å²) in [6.07, 6.45) is 6.77. The summed E-state index contributed by atoms with van der Waals surface area (Å²) in [5.74, 6) is 0. The second-order valence-corrected chi connectivity index (χ2v) is 2.69. The molecule has 0 N–H and O–H groups in total. The van der Waals surface area contributed by atoms with Crippen molar-refractivity contribution in [1.82, 2.24) is 0 Å². The molecule has 52 valence electrons. The van der Waals surface area contributed by atoms with E-state index in [0.29, 0.717) is 12.0 Å². The van der Waals surface area contributed by atoms with Crippen molar-refractivity contribution in [3.05, 3.63) is 23.9 Å². The van der Waals surface area contributed by atoms with Crippen molar-refractivity contribution in [1.29, 1.82) is 0 Å². The Morgan fingerprint density at radius 3 is 3.20 bits per heavy atom. The van der Waals surface area contributed by atoms with Gasteiger partial charge in [-0.3, -0.25) is 4.79 Å². The van der Waals surface area contributed by atoms with Crippen LogP contribution in [0.3, 0.4) is 0 Å². The highest BCUT2D eigenvalue weighted by atomic mass is 79.9. The van der Waals surface area contributed by atoms with Gasteiger partial charge in [-0.05, 0) is 28.4 Å². The van der Waals surface area contributed by atoms with Gasteiger partial charge in [-0.25, -0.2) is 4.99 Å². The molecule has 0 aliphatic carbocycles. The van der Waals surface area contributed by atoms with Crippen LogP contribution in [0.4, 0.5) is 0 Å². The van der Waals surface area contributed by atoms with Gasteiger partial charge in [0.1, 0.15) is 10.9 Å². The minimum absolute atomic E-state index is 0.669. The maximum absolute atomic E-state index is 10.2. The van der Waals surface area contributed by atoms with Crippen molar-refractivity contribution in [2.24, 2.45) is 4.99 Å². The highest BCUT2D eigenvalue weighted by Gasteiger charge is 1.95. The third kappa shape index (κ3) is 1.92. The molecule has 10 heavy (non-hydrogen) atoms. The Balaban J connectivity index is 2.83. The standard InChI is InChI=1S/C7H6BrNO/c8-7-3-1-2-6(5-10)4-9-7/h1,3-5H,2H2. The lowest BCUT2D eigenvalue weighted by Crippen LogP contribution is -1.78. The summed E-state index contributed by atoms with van der Waals surface area (Å²) in [6.45, 7) is 0. The largest absolute Gasteiger partial charge is 0.298 e. The summed E-state index contributed by atoms with van der Waals surface area (Å²) >= 11 is 3.20. The first-order valence-electron chi connectivity index (χ1n) is 2.87. The molecule has 1 aliphatic heterocycles. The second-order valence-electron chi connectivity index (χ2n) is 1.88. The minimum Gasteiger partial charge on any atom is -0.298 e. The molecule has 0 aromatic carbocycles. The molecule has 0 radical (unpaired) electrons. The number of allylic oxidation sites excluding steroid dienone is 3. The normalized spacial score (nSPS) is 17.3. The topological polar surface area (TPSA) is 29.4 Å². The van der Waals surface area contributed by atoms with Gasteiger partial charge < -0.3 is 0 Å². The summed E-state index contributed by atoms with van der Waals surface area (Å²) in [5.41, 5.74) is 0.700. The van der Waals surface area contributed by atoms with Gasteiger partial charge in [0.25, 0.3) is 0 Å².